The zero-order valence-corrected chi connectivity index (χ0v) is 15.0. The Morgan fingerprint density at radius 1 is 1.24 bits per heavy atom. The van der Waals surface area contributed by atoms with E-state index in [9.17, 15) is 13.9 Å². The quantitative estimate of drug-likeness (QED) is 0.902. The van der Waals surface area contributed by atoms with Gasteiger partial charge in [0.25, 0.3) is 0 Å². The molecule has 2 atom stereocenters. The van der Waals surface area contributed by atoms with Crippen LogP contribution in [0.15, 0.2) is 18.2 Å². The van der Waals surface area contributed by atoms with E-state index in [1.54, 1.807) is 0 Å². The van der Waals surface area contributed by atoms with Gasteiger partial charge in [-0.05, 0) is 37.5 Å². The Labute approximate surface area is 147 Å². The average Bonchev–Trinajstić information content (AvgIpc) is 3.09. The van der Waals surface area contributed by atoms with Crippen LogP contribution in [0.2, 0.25) is 0 Å². The molecular formula is C19H25F2N3O. The van der Waals surface area contributed by atoms with Crippen LogP contribution in [-0.4, -0.2) is 32.4 Å². The second-order valence-electron chi connectivity index (χ2n) is 6.70. The van der Waals surface area contributed by atoms with Gasteiger partial charge < -0.3 is 5.11 Å². The highest BCUT2D eigenvalue weighted by molar-refractivity contribution is 5.29. The topological polar surface area (TPSA) is 41.3 Å². The number of rotatable bonds is 5. The molecule has 0 saturated carbocycles. The molecule has 0 amide bonds. The molecule has 0 aliphatic carbocycles. The minimum absolute atomic E-state index is 0.316. The first-order valence-electron chi connectivity index (χ1n) is 8.85. The molecule has 0 unspecified atom stereocenters. The maximum absolute atomic E-state index is 14.3. The summed E-state index contributed by atoms with van der Waals surface area (Å²) in [6.45, 7) is 5.18. The Morgan fingerprint density at radius 3 is 2.68 bits per heavy atom. The van der Waals surface area contributed by atoms with Crippen molar-refractivity contribution in [1.82, 2.24) is 14.7 Å². The van der Waals surface area contributed by atoms with Crippen molar-refractivity contribution in [2.75, 3.05) is 6.54 Å². The molecule has 4 nitrogen and oxygen atoms in total. The summed E-state index contributed by atoms with van der Waals surface area (Å²) in [6, 6.07) is 3.20. The van der Waals surface area contributed by atoms with Crippen molar-refractivity contribution in [3.63, 3.8) is 0 Å². The molecule has 3 rings (SSSR count). The van der Waals surface area contributed by atoms with Gasteiger partial charge in [0, 0.05) is 43.0 Å². The Balaban J connectivity index is 1.95. The third kappa shape index (κ3) is 3.46. The molecule has 136 valence electrons. The number of aliphatic hydroxyl groups is 1. The number of aromatic nitrogens is 2. The molecule has 1 fully saturated rings. The molecule has 1 aliphatic heterocycles. The van der Waals surface area contributed by atoms with Crippen molar-refractivity contribution in [1.29, 1.82) is 0 Å². The lowest BCUT2D eigenvalue weighted by Crippen LogP contribution is -2.26. The number of aryl methyl sites for hydroxylation is 2. The van der Waals surface area contributed by atoms with E-state index >= 15 is 0 Å². The maximum atomic E-state index is 14.3. The molecular weight excluding hydrogens is 324 g/mol. The van der Waals surface area contributed by atoms with Gasteiger partial charge in [0.2, 0.25) is 0 Å². The molecule has 25 heavy (non-hydrogen) atoms. The molecule has 2 aromatic rings. The lowest BCUT2D eigenvalue weighted by atomic mass is 10.0. The fourth-order valence-corrected chi connectivity index (χ4v) is 3.92. The van der Waals surface area contributed by atoms with E-state index in [1.165, 1.54) is 6.07 Å². The van der Waals surface area contributed by atoms with Crippen molar-refractivity contribution in [2.24, 2.45) is 7.05 Å². The third-order valence-corrected chi connectivity index (χ3v) is 5.09. The third-order valence-electron chi connectivity index (χ3n) is 5.09. The highest BCUT2D eigenvalue weighted by atomic mass is 19.1. The lowest BCUT2D eigenvalue weighted by Gasteiger charge is -2.25. The summed E-state index contributed by atoms with van der Waals surface area (Å²) in [5.41, 5.74) is 3.64. The second-order valence-corrected chi connectivity index (χ2v) is 6.70. The Morgan fingerprint density at radius 2 is 2.00 bits per heavy atom. The van der Waals surface area contributed by atoms with Crippen molar-refractivity contribution in [2.45, 2.75) is 51.8 Å². The first-order chi connectivity index (χ1) is 11.9. The summed E-state index contributed by atoms with van der Waals surface area (Å²) in [4.78, 5) is 2.04. The highest BCUT2D eigenvalue weighted by Gasteiger charge is 2.35. The summed E-state index contributed by atoms with van der Waals surface area (Å²) in [5, 5.41) is 14.7. The van der Waals surface area contributed by atoms with E-state index in [4.69, 9.17) is 0 Å². The van der Waals surface area contributed by atoms with Crippen LogP contribution in [0, 0.1) is 11.6 Å². The van der Waals surface area contributed by atoms with Crippen LogP contribution in [0.4, 0.5) is 8.78 Å². The highest BCUT2D eigenvalue weighted by Crippen LogP contribution is 2.36. The molecule has 1 aromatic carbocycles. The second kappa shape index (κ2) is 7.22. The number of aliphatic hydroxyl groups excluding tert-OH is 1. The van der Waals surface area contributed by atoms with Crippen molar-refractivity contribution >= 4 is 0 Å². The number of halogens is 2. The van der Waals surface area contributed by atoms with Crippen LogP contribution in [0.1, 0.15) is 48.8 Å². The predicted molar refractivity (Wildman–Crippen MR) is 92.1 cm³/mol. The average molecular weight is 349 g/mol. The Kier molecular flexibility index (Phi) is 5.20. The first-order valence-corrected chi connectivity index (χ1v) is 8.85. The Hall–Kier alpha value is -1.79. The number of hydrogen-bond donors (Lipinski definition) is 1. The molecule has 1 N–H and O–H groups in total. The van der Waals surface area contributed by atoms with Gasteiger partial charge in [0.15, 0.2) is 0 Å². The SMILES string of the molecule is CCc1nn(C)c(CC)c1CN1C[C@@H](O)C[C@@H]1c1cc(F)ccc1F. The van der Waals surface area contributed by atoms with Gasteiger partial charge in [-0.15, -0.1) is 0 Å². The fourth-order valence-electron chi connectivity index (χ4n) is 3.92. The van der Waals surface area contributed by atoms with E-state index in [2.05, 4.69) is 18.9 Å². The molecule has 0 spiro atoms. The number of nitrogens with zero attached hydrogens (tertiary/aromatic N) is 3. The van der Waals surface area contributed by atoms with Gasteiger partial charge in [-0.3, -0.25) is 9.58 Å². The van der Waals surface area contributed by atoms with Crippen LogP contribution in [0.3, 0.4) is 0 Å². The standard InChI is InChI=1S/C19H25F2N3O/c1-4-17-15(18(5-2)23(3)22-17)11-24-10-13(25)9-19(24)14-8-12(20)6-7-16(14)21/h6-8,13,19,25H,4-5,9-11H2,1-3H3/t13-,19+/m0/s1. The monoisotopic (exact) mass is 349 g/mol. The van der Waals surface area contributed by atoms with E-state index < -0.39 is 17.7 Å². The van der Waals surface area contributed by atoms with E-state index in [0.717, 1.165) is 41.9 Å². The molecule has 1 aliphatic rings. The van der Waals surface area contributed by atoms with E-state index in [-0.39, 0.29) is 6.04 Å². The molecule has 2 heterocycles. The van der Waals surface area contributed by atoms with E-state index in [0.29, 0.717) is 25.1 Å². The first kappa shape index (κ1) is 18.0. The predicted octanol–water partition coefficient (Wildman–Crippen LogP) is 3.13. The summed E-state index contributed by atoms with van der Waals surface area (Å²) in [6.07, 6.45) is 1.54. The molecule has 0 bridgehead atoms. The maximum Gasteiger partial charge on any atom is 0.128 e. The van der Waals surface area contributed by atoms with E-state index in [1.807, 2.05) is 16.6 Å². The van der Waals surface area contributed by atoms with Crippen molar-refractivity contribution < 1.29 is 13.9 Å². The van der Waals surface area contributed by atoms with Gasteiger partial charge in [0.05, 0.1) is 11.8 Å². The summed E-state index contributed by atoms with van der Waals surface area (Å²) in [5.74, 6) is -0.884. The number of likely N-dealkylation sites (tertiary alicyclic amines) is 1. The normalized spacial score (nSPS) is 21.2. The number of β-amino-alcohol motifs (C(OH)–C–C–N with tert-alkyl or cyclic N) is 1. The fraction of sp³-hybridized carbons (Fsp3) is 0.526. The minimum Gasteiger partial charge on any atom is -0.392 e. The van der Waals surface area contributed by atoms with Crippen LogP contribution in [0.5, 0.6) is 0 Å². The number of benzene rings is 1. The largest absolute Gasteiger partial charge is 0.392 e. The Bertz CT molecular complexity index is 759. The minimum atomic E-state index is -0.542. The number of hydrogen-bond acceptors (Lipinski definition) is 3. The zero-order chi connectivity index (χ0) is 18.1. The van der Waals surface area contributed by atoms with Crippen LogP contribution >= 0.6 is 0 Å². The molecule has 1 aromatic heterocycles. The van der Waals surface area contributed by atoms with Gasteiger partial charge in [-0.1, -0.05) is 13.8 Å². The molecule has 6 heteroatoms. The summed E-state index contributed by atoms with van der Waals surface area (Å²) < 4.78 is 29.8. The summed E-state index contributed by atoms with van der Waals surface area (Å²) in [7, 11) is 1.93. The molecule has 0 radical (unpaired) electrons. The molecule has 1 saturated heterocycles. The lowest BCUT2D eigenvalue weighted by molar-refractivity contribution is 0.172. The smallest absolute Gasteiger partial charge is 0.128 e. The van der Waals surface area contributed by atoms with Crippen LogP contribution < -0.4 is 0 Å². The van der Waals surface area contributed by atoms with Gasteiger partial charge >= 0.3 is 0 Å². The van der Waals surface area contributed by atoms with Gasteiger partial charge in [-0.25, -0.2) is 8.78 Å². The van der Waals surface area contributed by atoms with Crippen LogP contribution in [0.25, 0.3) is 0 Å². The van der Waals surface area contributed by atoms with Gasteiger partial charge in [0.1, 0.15) is 11.6 Å². The summed E-state index contributed by atoms with van der Waals surface area (Å²) >= 11 is 0. The van der Waals surface area contributed by atoms with Gasteiger partial charge in [-0.2, -0.15) is 5.10 Å². The zero-order valence-electron chi connectivity index (χ0n) is 15.0. The van der Waals surface area contributed by atoms with Crippen molar-refractivity contribution in [3.05, 3.63) is 52.3 Å². The van der Waals surface area contributed by atoms with Crippen molar-refractivity contribution in [3.8, 4) is 0 Å². The van der Waals surface area contributed by atoms with Crippen LogP contribution in [-0.2, 0) is 26.4 Å².